The Morgan fingerprint density at radius 2 is 1.86 bits per heavy atom. The molecular weight excluding hydrogens is 378 g/mol. The Balaban J connectivity index is 1.55. The number of amides is 4. The monoisotopic (exact) mass is 399 g/mol. The van der Waals surface area contributed by atoms with Crippen molar-refractivity contribution >= 4 is 29.5 Å². The zero-order valence-corrected chi connectivity index (χ0v) is 16.0. The van der Waals surface area contributed by atoms with Gasteiger partial charge in [-0.2, -0.15) is 0 Å². The highest BCUT2D eigenvalue weighted by molar-refractivity contribution is 6.04. The number of hydrogen-bond donors (Lipinski definition) is 3. The van der Waals surface area contributed by atoms with Crippen LogP contribution in [-0.2, 0) is 14.3 Å². The summed E-state index contributed by atoms with van der Waals surface area (Å²) in [4.78, 5) is 43.5. The molecule has 2 aromatic heterocycles. The largest absolute Gasteiger partial charge is 0.456 e. The summed E-state index contributed by atoms with van der Waals surface area (Å²) in [6, 6.07) is 5.67. The first-order valence-corrected chi connectivity index (χ1v) is 9.01. The molecule has 1 aliphatic carbocycles. The van der Waals surface area contributed by atoms with Crippen LogP contribution in [0.4, 0.5) is 16.4 Å². The Hall–Kier alpha value is -3.53. The average Bonchev–Trinajstić information content (AvgIpc) is 3.51. The average molecular weight is 399 g/mol. The number of aromatic nitrogens is 2. The Kier molecular flexibility index (Phi) is 6.03. The Labute approximate surface area is 167 Å². The van der Waals surface area contributed by atoms with Crippen LogP contribution in [-0.4, -0.2) is 40.5 Å². The summed E-state index contributed by atoms with van der Waals surface area (Å²) < 4.78 is 10.8. The van der Waals surface area contributed by atoms with Gasteiger partial charge in [0.15, 0.2) is 0 Å². The van der Waals surface area contributed by atoms with Crippen molar-refractivity contribution in [2.75, 3.05) is 17.7 Å². The molecule has 2 heterocycles. The maximum atomic E-state index is 12.0. The zero-order valence-electron chi connectivity index (χ0n) is 16.0. The molecule has 29 heavy (non-hydrogen) atoms. The van der Waals surface area contributed by atoms with E-state index < -0.39 is 17.5 Å². The number of anilines is 2. The summed E-state index contributed by atoms with van der Waals surface area (Å²) in [7, 11) is 1.44. The number of methoxy groups -OCH3 is 1. The molecular formula is C19H21N5O5. The molecule has 1 aliphatic rings. The van der Waals surface area contributed by atoms with Crippen LogP contribution in [0.2, 0.25) is 0 Å². The van der Waals surface area contributed by atoms with E-state index in [-0.39, 0.29) is 11.7 Å². The van der Waals surface area contributed by atoms with Crippen LogP contribution in [0.1, 0.15) is 26.2 Å². The van der Waals surface area contributed by atoms with Crippen LogP contribution >= 0.6 is 0 Å². The van der Waals surface area contributed by atoms with Gasteiger partial charge in [0.1, 0.15) is 28.7 Å². The Morgan fingerprint density at radius 1 is 1.07 bits per heavy atom. The van der Waals surface area contributed by atoms with Gasteiger partial charge in [-0.15, -0.1) is 0 Å². The molecule has 1 fully saturated rings. The molecule has 2 aromatic rings. The molecule has 3 N–H and O–H groups in total. The van der Waals surface area contributed by atoms with Gasteiger partial charge in [-0.3, -0.25) is 20.2 Å². The van der Waals surface area contributed by atoms with Gasteiger partial charge in [-0.05, 0) is 31.0 Å². The number of urea groups is 1. The number of hydrogen-bond acceptors (Lipinski definition) is 7. The number of carbonyl (C=O) groups is 3. The zero-order chi connectivity index (χ0) is 20.9. The third-order valence-electron chi connectivity index (χ3n) is 4.27. The summed E-state index contributed by atoms with van der Waals surface area (Å²) in [6.07, 6.45) is 4.45. The molecule has 0 spiro atoms. The minimum absolute atomic E-state index is 0.151. The van der Waals surface area contributed by atoms with Gasteiger partial charge in [0.25, 0.3) is 5.91 Å². The van der Waals surface area contributed by atoms with Gasteiger partial charge in [-0.25, -0.2) is 14.8 Å². The van der Waals surface area contributed by atoms with E-state index >= 15 is 0 Å². The molecule has 0 aromatic carbocycles. The molecule has 10 nitrogen and oxygen atoms in total. The Bertz CT molecular complexity index is 911. The molecule has 0 saturated heterocycles. The lowest BCUT2D eigenvalue weighted by atomic mass is 10.3. The third kappa shape index (κ3) is 5.26. The van der Waals surface area contributed by atoms with Gasteiger partial charge in [0.2, 0.25) is 5.91 Å². The number of ether oxygens (including phenoxy) is 2. The maximum Gasteiger partial charge on any atom is 0.327 e. The fourth-order valence-electron chi connectivity index (χ4n) is 2.43. The second-order valence-electron chi connectivity index (χ2n) is 6.37. The van der Waals surface area contributed by atoms with Crippen molar-refractivity contribution in [2.24, 2.45) is 0 Å². The molecule has 4 amide bonds. The summed E-state index contributed by atoms with van der Waals surface area (Å²) in [5.74, 6) is 0.888. The van der Waals surface area contributed by atoms with E-state index in [2.05, 4.69) is 25.9 Å². The van der Waals surface area contributed by atoms with E-state index in [4.69, 9.17) is 9.47 Å². The van der Waals surface area contributed by atoms with Crippen LogP contribution in [0.25, 0.3) is 0 Å². The fraction of sp³-hybridized carbons (Fsp3) is 0.316. The number of rotatable bonds is 7. The quantitative estimate of drug-likeness (QED) is 0.651. The molecule has 0 unspecified atom stereocenters. The van der Waals surface area contributed by atoms with Crippen molar-refractivity contribution in [3.63, 3.8) is 0 Å². The lowest BCUT2D eigenvalue weighted by molar-refractivity contribution is -0.132. The van der Waals surface area contributed by atoms with E-state index in [1.807, 2.05) is 0 Å². The summed E-state index contributed by atoms with van der Waals surface area (Å²) >= 11 is 0. The number of pyridine rings is 2. The SMILES string of the molecule is CCC(=O)Nc1cc(Oc2ccc(NC(=O)NC(=O)C3(OC)CC3)nc2)ccn1. The number of nitrogens with one attached hydrogen (secondary N) is 3. The second kappa shape index (κ2) is 8.65. The predicted octanol–water partition coefficient (Wildman–Crippen LogP) is 2.44. The second-order valence-corrected chi connectivity index (χ2v) is 6.37. The predicted molar refractivity (Wildman–Crippen MR) is 104 cm³/mol. The van der Waals surface area contributed by atoms with Crippen molar-refractivity contribution in [1.82, 2.24) is 15.3 Å². The first-order valence-electron chi connectivity index (χ1n) is 9.01. The number of imide groups is 1. The highest BCUT2D eigenvalue weighted by Gasteiger charge is 2.51. The lowest BCUT2D eigenvalue weighted by Crippen LogP contribution is -2.43. The summed E-state index contributed by atoms with van der Waals surface area (Å²) in [5.41, 5.74) is -0.886. The maximum absolute atomic E-state index is 12.0. The first kappa shape index (κ1) is 20.2. The van der Waals surface area contributed by atoms with Crippen LogP contribution in [0.5, 0.6) is 11.5 Å². The smallest absolute Gasteiger partial charge is 0.327 e. The molecule has 1 saturated carbocycles. The van der Waals surface area contributed by atoms with E-state index in [1.54, 1.807) is 25.1 Å². The van der Waals surface area contributed by atoms with Gasteiger partial charge in [-0.1, -0.05) is 6.92 Å². The van der Waals surface area contributed by atoms with Crippen molar-refractivity contribution in [3.8, 4) is 11.5 Å². The van der Waals surface area contributed by atoms with Crippen LogP contribution in [0.15, 0.2) is 36.7 Å². The van der Waals surface area contributed by atoms with Gasteiger partial charge >= 0.3 is 6.03 Å². The first-order chi connectivity index (χ1) is 13.9. The lowest BCUT2D eigenvalue weighted by Gasteiger charge is -2.13. The van der Waals surface area contributed by atoms with Crippen LogP contribution in [0.3, 0.4) is 0 Å². The fourth-order valence-corrected chi connectivity index (χ4v) is 2.43. The minimum Gasteiger partial charge on any atom is -0.456 e. The molecule has 0 aliphatic heterocycles. The van der Waals surface area contributed by atoms with Crippen LogP contribution in [0, 0.1) is 0 Å². The van der Waals surface area contributed by atoms with Crippen molar-refractivity contribution in [1.29, 1.82) is 0 Å². The molecule has 3 rings (SSSR count). The Morgan fingerprint density at radius 3 is 2.48 bits per heavy atom. The highest BCUT2D eigenvalue weighted by atomic mass is 16.5. The van der Waals surface area contributed by atoms with Gasteiger partial charge in [0.05, 0.1) is 6.20 Å². The van der Waals surface area contributed by atoms with Gasteiger partial charge in [0, 0.05) is 25.8 Å². The van der Waals surface area contributed by atoms with E-state index in [9.17, 15) is 14.4 Å². The third-order valence-corrected chi connectivity index (χ3v) is 4.27. The molecule has 0 atom stereocenters. The number of nitrogens with zero attached hydrogens (tertiary/aromatic N) is 2. The van der Waals surface area contributed by atoms with E-state index in [0.29, 0.717) is 36.6 Å². The molecule has 10 heteroatoms. The van der Waals surface area contributed by atoms with Crippen LogP contribution < -0.4 is 20.7 Å². The molecule has 152 valence electrons. The van der Waals surface area contributed by atoms with E-state index in [0.717, 1.165) is 0 Å². The summed E-state index contributed by atoms with van der Waals surface area (Å²) in [5, 5.41) is 7.36. The van der Waals surface area contributed by atoms with Crippen molar-refractivity contribution < 1.29 is 23.9 Å². The number of carbonyl (C=O) groups excluding carboxylic acids is 3. The highest BCUT2D eigenvalue weighted by Crippen LogP contribution is 2.38. The van der Waals surface area contributed by atoms with E-state index in [1.165, 1.54) is 25.6 Å². The standard InChI is InChI=1S/C19H21N5O5/c1-3-16(25)22-15-10-12(6-9-20-15)29-13-4-5-14(21-11-13)23-18(27)24-17(26)19(28-2)7-8-19/h4-6,9-11H,3,7-8H2,1-2H3,(H,20,22,25)(H2,21,23,24,26,27). The van der Waals surface area contributed by atoms with Crippen molar-refractivity contribution in [2.45, 2.75) is 31.8 Å². The topological polar surface area (TPSA) is 132 Å². The minimum atomic E-state index is -0.886. The van der Waals surface area contributed by atoms with Crippen molar-refractivity contribution in [3.05, 3.63) is 36.7 Å². The molecule has 0 bridgehead atoms. The normalized spacial score (nSPS) is 13.9. The van der Waals surface area contributed by atoms with Gasteiger partial charge < -0.3 is 14.8 Å². The summed E-state index contributed by atoms with van der Waals surface area (Å²) in [6.45, 7) is 1.74. The molecule has 0 radical (unpaired) electrons.